The van der Waals surface area contributed by atoms with Crippen LogP contribution in [0.3, 0.4) is 0 Å². The van der Waals surface area contributed by atoms with Crippen molar-refractivity contribution < 1.29 is 0 Å². The molecule has 0 heterocycles. The number of benzene rings is 2. The van der Waals surface area contributed by atoms with E-state index in [0.29, 0.717) is 21.6 Å². The third-order valence-corrected chi connectivity index (χ3v) is 3.92. The second-order valence-corrected chi connectivity index (χ2v) is 5.82. The van der Waals surface area contributed by atoms with Crippen molar-refractivity contribution in [3.63, 3.8) is 0 Å². The van der Waals surface area contributed by atoms with Gasteiger partial charge in [0, 0.05) is 16.0 Å². The van der Waals surface area contributed by atoms with Crippen LogP contribution in [-0.4, -0.2) is 0 Å². The average Bonchev–Trinajstić information content (AvgIpc) is 2.33. The van der Waals surface area contributed by atoms with Gasteiger partial charge in [0.05, 0.1) is 15.7 Å². The summed E-state index contributed by atoms with van der Waals surface area (Å²) in [5.41, 5.74) is 1.69. The smallest absolute Gasteiger partial charge is 0.0721 e. The zero-order chi connectivity index (χ0) is 13.1. The van der Waals surface area contributed by atoms with Crippen molar-refractivity contribution in [3.05, 3.63) is 61.5 Å². The van der Waals surface area contributed by atoms with Gasteiger partial charge in [-0.3, -0.25) is 0 Å². The van der Waals surface area contributed by atoms with Crippen molar-refractivity contribution in [1.29, 1.82) is 0 Å². The molecular formula is C13H9BrCl3N. The predicted octanol–water partition coefficient (Wildman–Crippen LogP) is 6.02. The number of hydrogen-bond donors (Lipinski definition) is 1. The van der Waals surface area contributed by atoms with E-state index in [4.69, 9.17) is 34.8 Å². The van der Waals surface area contributed by atoms with E-state index >= 15 is 0 Å². The maximum atomic E-state index is 6.12. The quantitative estimate of drug-likeness (QED) is 0.701. The Morgan fingerprint density at radius 1 is 0.944 bits per heavy atom. The summed E-state index contributed by atoms with van der Waals surface area (Å²) >= 11 is 21.7. The van der Waals surface area contributed by atoms with Gasteiger partial charge in [0.2, 0.25) is 0 Å². The Bertz CT molecular complexity index is 552. The molecule has 0 saturated heterocycles. The number of halogens is 4. The van der Waals surface area contributed by atoms with E-state index in [1.165, 1.54) is 0 Å². The lowest BCUT2D eigenvalue weighted by Crippen LogP contribution is -2.01. The third kappa shape index (κ3) is 3.33. The van der Waals surface area contributed by atoms with E-state index < -0.39 is 0 Å². The maximum absolute atomic E-state index is 6.12. The zero-order valence-corrected chi connectivity index (χ0v) is 13.0. The van der Waals surface area contributed by atoms with Gasteiger partial charge >= 0.3 is 0 Å². The Hall–Kier alpha value is -0.410. The summed E-state index contributed by atoms with van der Waals surface area (Å²) in [5.74, 6) is 0. The van der Waals surface area contributed by atoms with Gasteiger partial charge in [-0.05, 0) is 35.9 Å². The highest BCUT2D eigenvalue weighted by molar-refractivity contribution is 9.10. The molecule has 2 aromatic rings. The first-order valence-corrected chi connectivity index (χ1v) is 7.12. The molecule has 0 amide bonds. The minimum absolute atomic E-state index is 0.557. The molecule has 1 N–H and O–H groups in total. The first-order valence-electron chi connectivity index (χ1n) is 5.20. The molecule has 0 radical (unpaired) electrons. The first-order chi connectivity index (χ1) is 8.58. The summed E-state index contributed by atoms with van der Waals surface area (Å²) in [7, 11) is 0. The molecule has 2 aromatic carbocycles. The number of rotatable bonds is 3. The van der Waals surface area contributed by atoms with E-state index in [1.54, 1.807) is 12.1 Å². The normalized spacial score (nSPS) is 10.4. The standard InChI is InChI=1S/C13H9BrCl3N/c14-9-4-5-10(15)8(6-9)7-18-13-11(16)2-1-3-12(13)17/h1-6,18H,7H2. The molecule has 0 aliphatic rings. The molecule has 0 fully saturated rings. The Kier molecular flexibility index (Phi) is 4.79. The molecule has 1 nitrogen and oxygen atoms in total. The van der Waals surface area contributed by atoms with Crippen LogP contribution in [-0.2, 0) is 6.54 Å². The van der Waals surface area contributed by atoms with Gasteiger partial charge < -0.3 is 5.32 Å². The molecule has 0 bridgehead atoms. The van der Waals surface area contributed by atoms with E-state index in [9.17, 15) is 0 Å². The highest BCUT2D eigenvalue weighted by Gasteiger charge is 2.06. The summed E-state index contributed by atoms with van der Waals surface area (Å²) in [6.07, 6.45) is 0. The molecular weight excluding hydrogens is 356 g/mol. The van der Waals surface area contributed by atoms with Gasteiger partial charge in [0.1, 0.15) is 0 Å². The topological polar surface area (TPSA) is 12.0 Å². The molecule has 0 saturated carbocycles. The van der Waals surface area contributed by atoms with Gasteiger partial charge in [0.15, 0.2) is 0 Å². The minimum Gasteiger partial charge on any atom is -0.378 e. The SMILES string of the molecule is Clc1ccc(Br)cc1CNc1c(Cl)cccc1Cl. The van der Waals surface area contributed by atoms with Crippen molar-refractivity contribution >= 4 is 56.4 Å². The lowest BCUT2D eigenvalue weighted by atomic mass is 10.2. The van der Waals surface area contributed by atoms with E-state index in [2.05, 4.69) is 21.2 Å². The fraction of sp³-hybridized carbons (Fsp3) is 0.0769. The van der Waals surface area contributed by atoms with Crippen LogP contribution in [0.5, 0.6) is 0 Å². The Morgan fingerprint density at radius 3 is 2.28 bits per heavy atom. The molecule has 0 aliphatic heterocycles. The van der Waals surface area contributed by atoms with Crippen LogP contribution in [0.1, 0.15) is 5.56 Å². The molecule has 18 heavy (non-hydrogen) atoms. The number of anilines is 1. The van der Waals surface area contributed by atoms with Crippen LogP contribution < -0.4 is 5.32 Å². The second kappa shape index (κ2) is 6.16. The lowest BCUT2D eigenvalue weighted by Gasteiger charge is -2.11. The molecule has 5 heteroatoms. The van der Waals surface area contributed by atoms with Crippen molar-refractivity contribution in [2.45, 2.75) is 6.54 Å². The molecule has 94 valence electrons. The highest BCUT2D eigenvalue weighted by atomic mass is 79.9. The largest absolute Gasteiger partial charge is 0.378 e. The van der Waals surface area contributed by atoms with Gasteiger partial charge in [-0.1, -0.05) is 56.8 Å². The second-order valence-electron chi connectivity index (χ2n) is 3.69. The zero-order valence-electron chi connectivity index (χ0n) is 9.18. The molecule has 0 aliphatic carbocycles. The van der Waals surface area contributed by atoms with Crippen molar-refractivity contribution in [2.24, 2.45) is 0 Å². The van der Waals surface area contributed by atoms with Crippen molar-refractivity contribution in [3.8, 4) is 0 Å². The van der Waals surface area contributed by atoms with Crippen molar-refractivity contribution in [1.82, 2.24) is 0 Å². The fourth-order valence-corrected chi connectivity index (χ4v) is 2.65. The van der Waals surface area contributed by atoms with Gasteiger partial charge in [-0.2, -0.15) is 0 Å². The van der Waals surface area contributed by atoms with Crippen LogP contribution >= 0.6 is 50.7 Å². The van der Waals surface area contributed by atoms with Crippen LogP contribution in [0.15, 0.2) is 40.9 Å². The number of nitrogens with one attached hydrogen (secondary N) is 1. The number of para-hydroxylation sites is 1. The van der Waals surface area contributed by atoms with Crippen LogP contribution in [0.25, 0.3) is 0 Å². The summed E-state index contributed by atoms with van der Waals surface area (Å²) in [6, 6.07) is 11.1. The maximum Gasteiger partial charge on any atom is 0.0721 e. The Morgan fingerprint density at radius 2 is 1.61 bits per heavy atom. The van der Waals surface area contributed by atoms with Gasteiger partial charge in [0.25, 0.3) is 0 Å². The van der Waals surface area contributed by atoms with E-state index in [-0.39, 0.29) is 0 Å². The summed E-state index contributed by atoms with van der Waals surface area (Å²) < 4.78 is 0.981. The highest BCUT2D eigenvalue weighted by Crippen LogP contribution is 2.31. The van der Waals surface area contributed by atoms with Gasteiger partial charge in [-0.25, -0.2) is 0 Å². The first kappa shape index (κ1) is 14.0. The molecule has 2 rings (SSSR count). The van der Waals surface area contributed by atoms with Crippen LogP contribution in [0.4, 0.5) is 5.69 Å². The predicted molar refractivity (Wildman–Crippen MR) is 82.9 cm³/mol. The Labute approximate surface area is 129 Å². The minimum atomic E-state index is 0.557. The Balaban J connectivity index is 2.19. The summed E-state index contributed by atoms with van der Waals surface area (Å²) in [6.45, 7) is 0.557. The lowest BCUT2D eigenvalue weighted by molar-refractivity contribution is 1.15. The van der Waals surface area contributed by atoms with Gasteiger partial charge in [-0.15, -0.1) is 0 Å². The monoisotopic (exact) mass is 363 g/mol. The van der Waals surface area contributed by atoms with E-state index in [1.807, 2.05) is 24.3 Å². The summed E-state index contributed by atoms with van der Waals surface area (Å²) in [5, 5.41) is 5.08. The average molecular weight is 365 g/mol. The molecule has 0 atom stereocenters. The molecule has 0 aromatic heterocycles. The summed E-state index contributed by atoms with van der Waals surface area (Å²) in [4.78, 5) is 0. The number of hydrogen-bond acceptors (Lipinski definition) is 1. The fourth-order valence-electron chi connectivity index (χ4n) is 1.53. The van der Waals surface area contributed by atoms with Crippen molar-refractivity contribution in [2.75, 3.05) is 5.32 Å². The third-order valence-electron chi connectivity index (χ3n) is 2.43. The molecule has 0 unspecified atom stereocenters. The van der Waals surface area contributed by atoms with Crippen LogP contribution in [0, 0.1) is 0 Å². The van der Waals surface area contributed by atoms with E-state index in [0.717, 1.165) is 15.7 Å². The van der Waals surface area contributed by atoms with Crippen LogP contribution in [0.2, 0.25) is 15.1 Å². The molecule has 0 spiro atoms.